The maximum atomic E-state index is 12.4. The number of carbonyl (C=O) groups excluding carboxylic acids is 1. The number of fused-ring (bicyclic) bond motifs is 3. The van der Waals surface area contributed by atoms with E-state index in [-0.39, 0.29) is 24.5 Å². The van der Waals surface area contributed by atoms with Gasteiger partial charge in [-0.05, 0) is 43.5 Å². The number of aryl methyl sites for hydroxylation is 1. The quantitative estimate of drug-likeness (QED) is 0.888. The third kappa shape index (κ3) is 2.81. The Kier molecular flexibility index (Phi) is 4.32. The van der Waals surface area contributed by atoms with Crippen molar-refractivity contribution in [3.8, 4) is 0 Å². The summed E-state index contributed by atoms with van der Waals surface area (Å²) >= 11 is 0. The Morgan fingerprint density at radius 2 is 2.23 bits per heavy atom. The molecule has 2 N–H and O–H groups in total. The van der Waals surface area contributed by atoms with Crippen LogP contribution in [0.25, 0.3) is 5.57 Å². The van der Waals surface area contributed by atoms with Gasteiger partial charge in [0.05, 0.1) is 12.5 Å². The zero-order chi connectivity index (χ0) is 15.7. The maximum absolute atomic E-state index is 12.4. The minimum Gasteiger partial charge on any atom is -0.394 e. The fourth-order valence-corrected chi connectivity index (χ4v) is 3.57. The zero-order valence-corrected chi connectivity index (χ0v) is 13.2. The van der Waals surface area contributed by atoms with E-state index in [9.17, 15) is 4.79 Å². The number of nitrogens with zero attached hydrogens (tertiary/aromatic N) is 1. The minimum atomic E-state index is -0.201. The fourth-order valence-electron chi connectivity index (χ4n) is 3.57. The van der Waals surface area contributed by atoms with Gasteiger partial charge in [-0.15, -0.1) is 0 Å². The minimum absolute atomic E-state index is 0.00223. The monoisotopic (exact) mass is 300 g/mol. The van der Waals surface area contributed by atoms with Crippen LogP contribution >= 0.6 is 0 Å². The van der Waals surface area contributed by atoms with Gasteiger partial charge in [0.15, 0.2) is 0 Å². The number of amides is 1. The van der Waals surface area contributed by atoms with Crippen molar-refractivity contribution < 1.29 is 9.90 Å². The van der Waals surface area contributed by atoms with Gasteiger partial charge in [-0.2, -0.15) is 0 Å². The first-order valence-corrected chi connectivity index (χ1v) is 8.01. The Balaban J connectivity index is 1.90. The third-order valence-corrected chi connectivity index (χ3v) is 4.77. The van der Waals surface area contributed by atoms with Crippen molar-refractivity contribution in [3.63, 3.8) is 0 Å². The summed E-state index contributed by atoms with van der Waals surface area (Å²) in [5.41, 5.74) is 3.95. The molecular weight excluding hydrogens is 276 g/mol. The van der Waals surface area contributed by atoms with Crippen molar-refractivity contribution >= 4 is 11.5 Å². The van der Waals surface area contributed by atoms with Crippen LogP contribution in [0.3, 0.4) is 0 Å². The van der Waals surface area contributed by atoms with E-state index in [2.05, 4.69) is 47.6 Å². The normalized spacial score (nSPS) is 25.7. The van der Waals surface area contributed by atoms with Gasteiger partial charge >= 0.3 is 0 Å². The first-order chi connectivity index (χ1) is 10.6. The number of benzene rings is 1. The summed E-state index contributed by atoms with van der Waals surface area (Å²) in [6.45, 7) is 2.52. The summed E-state index contributed by atoms with van der Waals surface area (Å²) in [6, 6.07) is 8.71. The summed E-state index contributed by atoms with van der Waals surface area (Å²) in [4.78, 5) is 14.7. The molecule has 0 fully saturated rings. The molecule has 0 bridgehead atoms. The van der Waals surface area contributed by atoms with E-state index >= 15 is 0 Å². The molecule has 4 nitrogen and oxygen atoms in total. The van der Waals surface area contributed by atoms with Crippen molar-refractivity contribution in [2.45, 2.75) is 31.8 Å². The second-order valence-electron chi connectivity index (χ2n) is 6.47. The summed E-state index contributed by atoms with van der Waals surface area (Å²) in [6.07, 6.45) is 4.35. The molecule has 3 rings (SSSR count). The van der Waals surface area contributed by atoms with Gasteiger partial charge in [0.2, 0.25) is 5.91 Å². The highest BCUT2D eigenvalue weighted by molar-refractivity contribution is 5.86. The first kappa shape index (κ1) is 15.3. The highest BCUT2D eigenvalue weighted by atomic mass is 16.3. The fraction of sp³-hybridized carbons (Fsp3) is 0.500. The van der Waals surface area contributed by atoms with E-state index in [1.54, 1.807) is 0 Å². The number of likely N-dealkylation sites (N-methyl/N-ethyl adjacent to an activating group) is 1. The lowest BCUT2D eigenvalue weighted by atomic mass is 9.79. The SMILES string of the molecule is C[C@@H](CO)NC(=O)C1C=C2c3ccccc3CC[C@H]2N(C)C1. The second kappa shape index (κ2) is 6.23. The van der Waals surface area contributed by atoms with Crippen LogP contribution in [-0.2, 0) is 11.2 Å². The Labute approximate surface area is 131 Å². The highest BCUT2D eigenvalue weighted by Gasteiger charge is 2.34. The molecule has 4 heteroatoms. The van der Waals surface area contributed by atoms with Gasteiger partial charge < -0.3 is 10.4 Å². The lowest BCUT2D eigenvalue weighted by Gasteiger charge is -2.40. The average Bonchev–Trinajstić information content (AvgIpc) is 2.54. The summed E-state index contributed by atoms with van der Waals surface area (Å²) in [7, 11) is 2.10. The molecule has 3 atom stereocenters. The van der Waals surface area contributed by atoms with E-state index < -0.39 is 0 Å². The molecule has 1 amide bonds. The molecule has 118 valence electrons. The van der Waals surface area contributed by atoms with E-state index in [1.807, 2.05) is 6.92 Å². The van der Waals surface area contributed by atoms with Crippen LogP contribution in [0.1, 0.15) is 24.5 Å². The molecule has 1 unspecified atom stereocenters. The smallest absolute Gasteiger partial charge is 0.228 e. The topological polar surface area (TPSA) is 52.6 Å². The molecule has 2 aliphatic rings. The number of rotatable bonds is 3. The number of carbonyl (C=O) groups is 1. The van der Waals surface area contributed by atoms with Gasteiger partial charge in [0, 0.05) is 18.6 Å². The van der Waals surface area contributed by atoms with Gasteiger partial charge in [0.25, 0.3) is 0 Å². The van der Waals surface area contributed by atoms with Crippen molar-refractivity contribution in [2.24, 2.45) is 5.92 Å². The van der Waals surface area contributed by atoms with Crippen LogP contribution in [0.4, 0.5) is 0 Å². The van der Waals surface area contributed by atoms with E-state index in [4.69, 9.17) is 5.11 Å². The van der Waals surface area contributed by atoms with Gasteiger partial charge in [-0.3, -0.25) is 9.69 Å². The third-order valence-electron chi connectivity index (χ3n) is 4.77. The average molecular weight is 300 g/mol. The van der Waals surface area contributed by atoms with Crippen molar-refractivity contribution in [3.05, 3.63) is 41.5 Å². The largest absolute Gasteiger partial charge is 0.394 e. The van der Waals surface area contributed by atoms with Gasteiger partial charge in [-0.25, -0.2) is 0 Å². The number of hydrogen-bond donors (Lipinski definition) is 2. The molecule has 1 aliphatic carbocycles. The Bertz CT molecular complexity index is 597. The van der Waals surface area contributed by atoms with Crippen LogP contribution in [0.5, 0.6) is 0 Å². The lowest BCUT2D eigenvalue weighted by molar-refractivity contribution is -0.125. The van der Waals surface area contributed by atoms with Gasteiger partial charge in [-0.1, -0.05) is 30.3 Å². The van der Waals surface area contributed by atoms with Crippen LogP contribution in [0, 0.1) is 5.92 Å². The Hall–Kier alpha value is -1.65. The Morgan fingerprint density at radius 3 is 3.00 bits per heavy atom. The maximum Gasteiger partial charge on any atom is 0.228 e. The standard InChI is InChI=1S/C18H24N2O2/c1-12(11-21)19-18(22)14-9-16-15-6-4-3-5-13(15)7-8-17(16)20(2)10-14/h3-6,9,12,14,17,21H,7-8,10-11H2,1-2H3,(H,19,22)/t12-,14?,17+/m0/s1. The number of aliphatic hydroxyl groups excluding tert-OH is 1. The van der Waals surface area contributed by atoms with Crippen molar-refractivity contribution in [1.82, 2.24) is 10.2 Å². The van der Waals surface area contributed by atoms with E-state index in [0.29, 0.717) is 6.04 Å². The predicted molar refractivity (Wildman–Crippen MR) is 87.3 cm³/mol. The molecule has 0 radical (unpaired) electrons. The van der Waals surface area contributed by atoms with Crippen LogP contribution in [-0.4, -0.2) is 48.2 Å². The molecule has 1 aromatic carbocycles. The van der Waals surface area contributed by atoms with Crippen LogP contribution in [0.15, 0.2) is 30.3 Å². The summed E-state index contributed by atoms with van der Waals surface area (Å²) < 4.78 is 0. The van der Waals surface area contributed by atoms with E-state index in [0.717, 1.165) is 19.4 Å². The predicted octanol–water partition coefficient (Wildman–Crippen LogP) is 1.44. The number of aliphatic hydroxyl groups is 1. The molecule has 1 heterocycles. The molecule has 0 saturated carbocycles. The van der Waals surface area contributed by atoms with Crippen molar-refractivity contribution in [1.29, 1.82) is 0 Å². The molecule has 0 aromatic heterocycles. The molecular formula is C18H24N2O2. The van der Waals surface area contributed by atoms with Crippen LogP contribution < -0.4 is 5.32 Å². The number of nitrogens with one attached hydrogen (secondary N) is 1. The second-order valence-corrected chi connectivity index (χ2v) is 6.47. The zero-order valence-electron chi connectivity index (χ0n) is 13.2. The molecule has 0 saturated heterocycles. The molecule has 1 aliphatic heterocycles. The van der Waals surface area contributed by atoms with E-state index in [1.165, 1.54) is 16.7 Å². The lowest BCUT2D eigenvalue weighted by Crippen LogP contribution is -2.48. The highest BCUT2D eigenvalue weighted by Crippen LogP contribution is 2.37. The first-order valence-electron chi connectivity index (χ1n) is 8.01. The molecule has 22 heavy (non-hydrogen) atoms. The summed E-state index contributed by atoms with van der Waals surface area (Å²) in [5, 5.41) is 12.0. The van der Waals surface area contributed by atoms with Crippen molar-refractivity contribution in [2.75, 3.05) is 20.2 Å². The molecule has 1 aromatic rings. The van der Waals surface area contributed by atoms with Gasteiger partial charge in [0.1, 0.15) is 0 Å². The van der Waals surface area contributed by atoms with Crippen LogP contribution in [0.2, 0.25) is 0 Å². The Morgan fingerprint density at radius 1 is 1.45 bits per heavy atom. The summed E-state index contributed by atoms with van der Waals surface area (Å²) in [5.74, 6) is -0.154. The molecule has 0 spiro atoms. The number of hydrogen-bond acceptors (Lipinski definition) is 3.